The van der Waals surface area contributed by atoms with Crippen LogP contribution in [-0.2, 0) is 4.79 Å². The van der Waals surface area contributed by atoms with E-state index in [1.165, 1.54) is 12.8 Å². The van der Waals surface area contributed by atoms with Crippen LogP contribution in [0, 0.1) is 28.6 Å². The zero-order chi connectivity index (χ0) is 18.5. The fraction of sp³-hybridized carbons (Fsp3) is 0.455. The van der Waals surface area contributed by atoms with Gasteiger partial charge in [-0.05, 0) is 60.8 Å². The third kappa shape index (κ3) is 2.65. The minimum Gasteiger partial charge on any atom is -0.294 e. The molecule has 0 amide bonds. The predicted octanol–water partition coefficient (Wildman–Crippen LogP) is 6.19. The molecule has 3 aliphatic carbocycles. The molecule has 0 spiro atoms. The molecule has 0 bridgehead atoms. The van der Waals surface area contributed by atoms with Crippen molar-refractivity contribution in [1.29, 1.82) is 5.26 Å². The second kappa shape index (κ2) is 6.55. The van der Waals surface area contributed by atoms with E-state index in [0.717, 1.165) is 42.4 Å². The number of halogens is 2. The number of fused-ring (bicyclic) bond motifs is 1. The number of hydrogen-bond donors (Lipinski definition) is 0. The molecule has 2 fully saturated rings. The van der Waals surface area contributed by atoms with Gasteiger partial charge in [0.25, 0.3) is 0 Å². The number of benzene rings is 1. The standard InChI is InChI=1S/C22H21Cl2NO/c1-22(16-4-2-3-5-16)11-15-10-17(14-8-6-13(12-25)7-9-14)19(23)20(24)18(15)21(22)26/h6-9,15-16H,2-5,10-11H2,1H3. The van der Waals surface area contributed by atoms with Crippen LogP contribution in [0.3, 0.4) is 0 Å². The van der Waals surface area contributed by atoms with Crippen molar-refractivity contribution in [1.82, 2.24) is 0 Å². The zero-order valence-electron chi connectivity index (χ0n) is 14.8. The van der Waals surface area contributed by atoms with E-state index in [9.17, 15) is 4.79 Å². The Labute approximate surface area is 164 Å². The number of hydrogen-bond acceptors (Lipinski definition) is 2. The van der Waals surface area contributed by atoms with Crippen LogP contribution >= 0.6 is 23.2 Å². The van der Waals surface area contributed by atoms with Crippen LogP contribution in [0.25, 0.3) is 5.57 Å². The summed E-state index contributed by atoms with van der Waals surface area (Å²) < 4.78 is 0. The van der Waals surface area contributed by atoms with Gasteiger partial charge in [-0.15, -0.1) is 0 Å². The van der Waals surface area contributed by atoms with Gasteiger partial charge >= 0.3 is 0 Å². The molecule has 134 valence electrons. The Kier molecular flexibility index (Phi) is 4.49. The molecule has 0 aromatic heterocycles. The summed E-state index contributed by atoms with van der Waals surface area (Å²) in [5, 5.41) is 9.92. The molecule has 1 aromatic carbocycles. The molecular formula is C22H21Cl2NO. The van der Waals surface area contributed by atoms with Crippen molar-refractivity contribution in [3.05, 3.63) is 51.0 Å². The topological polar surface area (TPSA) is 40.9 Å². The van der Waals surface area contributed by atoms with Crippen LogP contribution in [0.4, 0.5) is 0 Å². The van der Waals surface area contributed by atoms with Crippen LogP contribution in [0.1, 0.15) is 56.6 Å². The van der Waals surface area contributed by atoms with Crippen LogP contribution in [0.5, 0.6) is 0 Å². The Morgan fingerprint density at radius 1 is 1.12 bits per heavy atom. The lowest BCUT2D eigenvalue weighted by Crippen LogP contribution is -2.30. The maximum Gasteiger partial charge on any atom is 0.166 e. The first-order valence-corrected chi connectivity index (χ1v) is 10.1. The monoisotopic (exact) mass is 385 g/mol. The SMILES string of the molecule is CC1(C2CCCC2)CC2CC(c3ccc(C#N)cc3)=C(Cl)C(Cl)=C2C1=O. The fourth-order valence-electron chi connectivity index (χ4n) is 5.15. The van der Waals surface area contributed by atoms with Crippen molar-refractivity contribution >= 4 is 34.6 Å². The Morgan fingerprint density at radius 2 is 1.77 bits per heavy atom. The van der Waals surface area contributed by atoms with E-state index in [4.69, 9.17) is 28.5 Å². The molecule has 2 saturated carbocycles. The van der Waals surface area contributed by atoms with Gasteiger partial charge in [0.15, 0.2) is 5.78 Å². The first kappa shape index (κ1) is 17.8. The third-order valence-electron chi connectivity index (χ3n) is 6.61. The molecule has 0 heterocycles. The number of ketones is 1. The van der Waals surface area contributed by atoms with E-state index in [1.54, 1.807) is 12.1 Å². The summed E-state index contributed by atoms with van der Waals surface area (Å²) in [5.74, 6) is 0.833. The Hall–Kier alpha value is -1.56. The summed E-state index contributed by atoms with van der Waals surface area (Å²) in [6.07, 6.45) is 6.34. The van der Waals surface area contributed by atoms with Crippen LogP contribution in [0.15, 0.2) is 39.9 Å². The van der Waals surface area contributed by atoms with Crippen LogP contribution in [-0.4, -0.2) is 5.78 Å². The predicted molar refractivity (Wildman–Crippen MR) is 105 cm³/mol. The van der Waals surface area contributed by atoms with Gasteiger partial charge in [-0.1, -0.05) is 55.1 Å². The quantitative estimate of drug-likeness (QED) is 0.608. The number of carbonyl (C=O) groups excluding carboxylic acids is 1. The second-order valence-corrected chi connectivity index (χ2v) is 8.80. The molecule has 0 saturated heterocycles. The Bertz CT molecular complexity index is 868. The van der Waals surface area contributed by atoms with Gasteiger partial charge in [0, 0.05) is 11.0 Å². The molecule has 0 N–H and O–H groups in total. The summed E-state index contributed by atoms with van der Waals surface area (Å²) in [5.41, 5.74) is 3.04. The maximum absolute atomic E-state index is 13.3. The fourth-order valence-corrected chi connectivity index (χ4v) is 5.79. The smallest absolute Gasteiger partial charge is 0.166 e. The lowest BCUT2D eigenvalue weighted by molar-refractivity contribution is -0.124. The lowest BCUT2D eigenvalue weighted by Gasteiger charge is -2.29. The minimum absolute atomic E-state index is 0.147. The number of nitrogens with zero attached hydrogens (tertiary/aromatic N) is 1. The highest BCUT2D eigenvalue weighted by Crippen LogP contribution is 2.57. The second-order valence-electron chi connectivity index (χ2n) is 8.04. The average molecular weight is 386 g/mol. The lowest BCUT2D eigenvalue weighted by atomic mass is 9.73. The molecule has 2 atom stereocenters. The molecule has 1 aromatic rings. The van der Waals surface area contributed by atoms with E-state index < -0.39 is 0 Å². The highest BCUT2D eigenvalue weighted by molar-refractivity contribution is 6.47. The Balaban J connectivity index is 1.71. The van der Waals surface area contributed by atoms with Gasteiger partial charge in [0.05, 0.1) is 21.7 Å². The number of nitriles is 1. The van der Waals surface area contributed by atoms with E-state index in [-0.39, 0.29) is 17.1 Å². The molecule has 0 radical (unpaired) electrons. The summed E-state index contributed by atoms with van der Waals surface area (Å²) in [6, 6.07) is 9.55. The highest BCUT2D eigenvalue weighted by Gasteiger charge is 2.53. The molecule has 0 aliphatic heterocycles. The molecule has 3 aliphatic rings. The number of Topliss-reactive ketones (excluding diaryl/α,β-unsaturated/α-hetero) is 1. The summed E-state index contributed by atoms with van der Waals surface area (Å²) in [7, 11) is 0. The first-order chi connectivity index (χ1) is 12.5. The summed E-state index contributed by atoms with van der Waals surface area (Å²) in [6.45, 7) is 2.14. The van der Waals surface area contributed by atoms with Gasteiger partial charge in [-0.2, -0.15) is 5.26 Å². The highest BCUT2D eigenvalue weighted by atomic mass is 35.5. The molecule has 2 nitrogen and oxygen atoms in total. The van der Waals surface area contributed by atoms with Crippen LogP contribution < -0.4 is 0 Å². The third-order valence-corrected chi connectivity index (χ3v) is 7.51. The van der Waals surface area contributed by atoms with E-state index in [2.05, 4.69) is 13.0 Å². The number of allylic oxidation sites excluding steroid dienone is 4. The number of carbonyl (C=O) groups is 1. The van der Waals surface area contributed by atoms with E-state index in [0.29, 0.717) is 21.5 Å². The van der Waals surface area contributed by atoms with Crippen molar-refractivity contribution in [3.8, 4) is 6.07 Å². The van der Waals surface area contributed by atoms with Crippen molar-refractivity contribution in [3.63, 3.8) is 0 Å². The summed E-state index contributed by atoms with van der Waals surface area (Å²) in [4.78, 5) is 13.3. The first-order valence-electron chi connectivity index (χ1n) is 9.29. The van der Waals surface area contributed by atoms with Crippen molar-refractivity contribution < 1.29 is 4.79 Å². The van der Waals surface area contributed by atoms with Crippen molar-refractivity contribution in [2.24, 2.45) is 17.3 Å². The van der Waals surface area contributed by atoms with E-state index in [1.807, 2.05) is 12.1 Å². The van der Waals surface area contributed by atoms with Gasteiger partial charge in [-0.3, -0.25) is 4.79 Å². The normalized spacial score (nSPS) is 29.3. The Morgan fingerprint density at radius 3 is 2.38 bits per heavy atom. The molecule has 4 heteroatoms. The maximum atomic E-state index is 13.3. The van der Waals surface area contributed by atoms with Crippen LogP contribution in [0.2, 0.25) is 0 Å². The molecule has 2 unspecified atom stereocenters. The van der Waals surface area contributed by atoms with Crippen molar-refractivity contribution in [2.75, 3.05) is 0 Å². The van der Waals surface area contributed by atoms with Gasteiger partial charge < -0.3 is 0 Å². The van der Waals surface area contributed by atoms with E-state index >= 15 is 0 Å². The average Bonchev–Trinajstić information content (AvgIpc) is 3.27. The molecular weight excluding hydrogens is 365 g/mol. The number of rotatable bonds is 2. The summed E-state index contributed by atoms with van der Waals surface area (Å²) >= 11 is 13.2. The molecule has 26 heavy (non-hydrogen) atoms. The van der Waals surface area contributed by atoms with Gasteiger partial charge in [-0.25, -0.2) is 0 Å². The minimum atomic E-state index is -0.298. The molecule has 4 rings (SSSR count). The van der Waals surface area contributed by atoms with Gasteiger partial charge in [0.2, 0.25) is 0 Å². The zero-order valence-corrected chi connectivity index (χ0v) is 16.3. The largest absolute Gasteiger partial charge is 0.294 e. The van der Waals surface area contributed by atoms with Gasteiger partial charge in [0.1, 0.15) is 0 Å². The van der Waals surface area contributed by atoms with Crippen molar-refractivity contribution in [2.45, 2.75) is 45.4 Å².